The molecule has 0 amide bonds. The number of aliphatic imine (C=N–C) groups is 1. The van der Waals surface area contributed by atoms with Crippen molar-refractivity contribution < 1.29 is 9.47 Å². The third kappa shape index (κ3) is 11.7. The molecular weight excluding hydrogens is 479 g/mol. The van der Waals surface area contributed by atoms with Gasteiger partial charge in [0, 0.05) is 52.0 Å². The summed E-state index contributed by atoms with van der Waals surface area (Å²) in [6, 6.07) is 7.71. The lowest BCUT2D eigenvalue weighted by Crippen LogP contribution is -2.41. The van der Waals surface area contributed by atoms with E-state index >= 15 is 0 Å². The number of ether oxygens (including phenoxy) is 2. The number of rotatable bonds is 12. The number of nitrogens with one attached hydrogen (secondary N) is 2. The van der Waals surface area contributed by atoms with E-state index in [0.29, 0.717) is 11.6 Å². The average Bonchev–Trinajstić information content (AvgIpc) is 2.62. The van der Waals surface area contributed by atoms with E-state index in [4.69, 9.17) is 21.1 Å². The van der Waals surface area contributed by atoms with E-state index in [-0.39, 0.29) is 30.1 Å². The lowest BCUT2D eigenvalue weighted by atomic mass is 10.1. The average molecular weight is 513 g/mol. The number of methoxy groups -OCH3 is 2. The zero-order valence-corrected chi connectivity index (χ0v) is 19.9. The molecule has 0 bridgehead atoms. The monoisotopic (exact) mass is 512 g/mol. The Hall–Kier alpha value is -0.610. The minimum Gasteiger partial charge on any atom is -0.385 e. The quantitative estimate of drug-likeness (QED) is 0.195. The van der Waals surface area contributed by atoms with E-state index in [1.165, 1.54) is 0 Å². The number of halogens is 2. The second-order valence-corrected chi connectivity index (χ2v) is 6.51. The lowest BCUT2D eigenvalue weighted by molar-refractivity contribution is 0.111. The maximum atomic E-state index is 6.07. The van der Waals surface area contributed by atoms with Gasteiger partial charge in [-0.25, -0.2) is 0 Å². The molecule has 2 N–H and O–H groups in total. The van der Waals surface area contributed by atoms with Crippen LogP contribution in [0.1, 0.15) is 25.0 Å². The molecule has 8 heteroatoms. The van der Waals surface area contributed by atoms with Gasteiger partial charge in [0.05, 0.1) is 6.54 Å². The van der Waals surface area contributed by atoms with E-state index in [9.17, 15) is 0 Å². The standard InChI is InChI=1S/C19H33ClN4O2.HI/c1-5-21-19(22-10-12-24(2)11-7-13-25-3)23-15-18(26-4)16-8-6-9-17(20)14-16;/h6,8-9,14,18H,5,7,10-13,15H2,1-4H3,(H2,21,22,23);1H. The number of benzene rings is 1. The Morgan fingerprint density at radius 2 is 2.04 bits per heavy atom. The van der Waals surface area contributed by atoms with Crippen molar-refractivity contribution in [3.63, 3.8) is 0 Å². The molecule has 27 heavy (non-hydrogen) atoms. The van der Waals surface area contributed by atoms with Crippen molar-refractivity contribution in [1.29, 1.82) is 0 Å². The highest BCUT2D eigenvalue weighted by Gasteiger charge is 2.11. The molecule has 0 saturated carbocycles. The Morgan fingerprint density at radius 1 is 1.26 bits per heavy atom. The summed E-state index contributed by atoms with van der Waals surface area (Å²) in [5.74, 6) is 0.793. The van der Waals surface area contributed by atoms with E-state index in [2.05, 4.69) is 34.5 Å². The minimum absolute atomic E-state index is 0. The van der Waals surface area contributed by atoms with Crippen LogP contribution in [0.2, 0.25) is 5.02 Å². The highest BCUT2D eigenvalue weighted by Crippen LogP contribution is 2.20. The summed E-state index contributed by atoms with van der Waals surface area (Å²) in [7, 11) is 5.54. The third-order valence-corrected chi connectivity index (χ3v) is 4.17. The van der Waals surface area contributed by atoms with Crippen LogP contribution >= 0.6 is 35.6 Å². The van der Waals surface area contributed by atoms with Crippen LogP contribution in [-0.2, 0) is 9.47 Å². The van der Waals surface area contributed by atoms with Crippen LogP contribution in [-0.4, -0.2) is 71.5 Å². The minimum atomic E-state index is -0.124. The Labute approximate surface area is 186 Å². The molecule has 0 heterocycles. The van der Waals surface area contributed by atoms with Crippen LogP contribution in [0.3, 0.4) is 0 Å². The first-order valence-corrected chi connectivity index (χ1v) is 9.46. The van der Waals surface area contributed by atoms with Gasteiger partial charge in [0.2, 0.25) is 0 Å². The maximum Gasteiger partial charge on any atom is 0.191 e. The molecule has 1 aromatic rings. The molecule has 1 atom stereocenters. The van der Waals surface area contributed by atoms with Crippen LogP contribution in [0, 0.1) is 0 Å². The largest absolute Gasteiger partial charge is 0.385 e. The molecule has 6 nitrogen and oxygen atoms in total. The molecule has 0 radical (unpaired) electrons. The number of hydrogen-bond donors (Lipinski definition) is 2. The van der Waals surface area contributed by atoms with Gasteiger partial charge in [-0.05, 0) is 38.1 Å². The van der Waals surface area contributed by atoms with E-state index in [1.807, 2.05) is 24.3 Å². The van der Waals surface area contributed by atoms with Gasteiger partial charge in [-0.15, -0.1) is 24.0 Å². The predicted octanol–water partition coefficient (Wildman–Crippen LogP) is 3.17. The fourth-order valence-electron chi connectivity index (χ4n) is 2.49. The van der Waals surface area contributed by atoms with Crippen LogP contribution in [0.15, 0.2) is 29.3 Å². The van der Waals surface area contributed by atoms with Gasteiger partial charge in [0.15, 0.2) is 5.96 Å². The number of nitrogens with zero attached hydrogens (tertiary/aromatic N) is 2. The van der Waals surface area contributed by atoms with Gasteiger partial charge in [-0.2, -0.15) is 0 Å². The smallest absolute Gasteiger partial charge is 0.191 e. The van der Waals surface area contributed by atoms with E-state index in [0.717, 1.165) is 50.7 Å². The summed E-state index contributed by atoms with van der Waals surface area (Å²) < 4.78 is 10.7. The fourth-order valence-corrected chi connectivity index (χ4v) is 2.69. The molecule has 0 saturated heterocycles. The molecule has 0 aliphatic heterocycles. The highest BCUT2D eigenvalue weighted by molar-refractivity contribution is 14.0. The van der Waals surface area contributed by atoms with Gasteiger partial charge in [0.1, 0.15) is 6.10 Å². The highest BCUT2D eigenvalue weighted by atomic mass is 127. The topological polar surface area (TPSA) is 58.1 Å². The first-order valence-electron chi connectivity index (χ1n) is 9.08. The summed E-state index contributed by atoms with van der Waals surface area (Å²) in [6.07, 6.45) is 0.914. The van der Waals surface area contributed by atoms with Gasteiger partial charge in [-0.1, -0.05) is 23.7 Å². The Balaban J connectivity index is 0.00000676. The number of hydrogen-bond acceptors (Lipinski definition) is 4. The van der Waals surface area contributed by atoms with E-state index < -0.39 is 0 Å². The third-order valence-electron chi connectivity index (χ3n) is 3.94. The molecule has 0 spiro atoms. The number of likely N-dealkylation sites (N-methyl/N-ethyl adjacent to an activating group) is 1. The Kier molecular flexibility index (Phi) is 16.0. The van der Waals surface area contributed by atoms with Crippen LogP contribution < -0.4 is 10.6 Å². The molecule has 0 aliphatic carbocycles. The van der Waals surface area contributed by atoms with Crippen molar-refractivity contribution in [3.05, 3.63) is 34.9 Å². The molecule has 0 fully saturated rings. The first-order chi connectivity index (χ1) is 12.6. The summed E-state index contributed by atoms with van der Waals surface area (Å²) in [6.45, 7) is 6.97. The van der Waals surface area contributed by atoms with Gasteiger partial charge >= 0.3 is 0 Å². The summed E-state index contributed by atoms with van der Waals surface area (Å²) in [5.41, 5.74) is 1.03. The van der Waals surface area contributed by atoms with Crippen LogP contribution in [0.5, 0.6) is 0 Å². The predicted molar refractivity (Wildman–Crippen MR) is 125 cm³/mol. The lowest BCUT2D eigenvalue weighted by Gasteiger charge is -2.19. The molecule has 1 unspecified atom stereocenters. The van der Waals surface area contributed by atoms with Gasteiger partial charge < -0.3 is 25.0 Å². The van der Waals surface area contributed by atoms with Crippen molar-refractivity contribution in [3.8, 4) is 0 Å². The number of guanidine groups is 1. The first kappa shape index (κ1) is 26.4. The molecular formula is C19H34ClIN4O2. The second kappa shape index (κ2) is 16.4. The van der Waals surface area contributed by atoms with Crippen molar-refractivity contribution >= 4 is 41.5 Å². The zero-order valence-electron chi connectivity index (χ0n) is 16.8. The molecule has 0 aromatic heterocycles. The maximum absolute atomic E-state index is 6.07. The Morgan fingerprint density at radius 3 is 2.67 bits per heavy atom. The van der Waals surface area contributed by atoms with Crippen LogP contribution in [0.25, 0.3) is 0 Å². The van der Waals surface area contributed by atoms with Crippen molar-refractivity contribution in [2.24, 2.45) is 4.99 Å². The second-order valence-electron chi connectivity index (χ2n) is 6.08. The molecule has 0 aliphatic rings. The normalized spacial score (nSPS) is 12.6. The molecule has 1 rings (SSSR count). The van der Waals surface area contributed by atoms with Crippen molar-refractivity contribution in [2.45, 2.75) is 19.4 Å². The fraction of sp³-hybridized carbons (Fsp3) is 0.632. The van der Waals surface area contributed by atoms with Crippen molar-refractivity contribution in [2.75, 3.05) is 60.6 Å². The van der Waals surface area contributed by atoms with Gasteiger partial charge in [0.25, 0.3) is 0 Å². The summed E-state index contributed by atoms with van der Waals surface area (Å²) in [4.78, 5) is 6.93. The van der Waals surface area contributed by atoms with Crippen LogP contribution in [0.4, 0.5) is 0 Å². The van der Waals surface area contributed by atoms with E-state index in [1.54, 1.807) is 14.2 Å². The SMILES string of the molecule is CCNC(=NCC(OC)c1cccc(Cl)c1)NCCN(C)CCCOC.I. The molecule has 156 valence electrons. The van der Waals surface area contributed by atoms with Crippen molar-refractivity contribution in [1.82, 2.24) is 15.5 Å². The summed E-state index contributed by atoms with van der Waals surface area (Å²) >= 11 is 6.07. The molecule has 1 aromatic carbocycles. The Bertz CT molecular complexity index is 534. The summed E-state index contributed by atoms with van der Waals surface area (Å²) in [5, 5.41) is 7.34. The van der Waals surface area contributed by atoms with Gasteiger partial charge in [-0.3, -0.25) is 4.99 Å². The zero-order chi connectivity index (χ0) is 19.2.